The fourth-order valence-electron chi connectivity index (χ4n) is 2.48. The second-order valence-corrected chi connectivity index (χ2v) is 4.41. The van der Waals surface area contributed by atoms with Gasteiger partial charge < -0.3 is 9.84 Å². The standard InChI is InChI=1S/C16H18O3/c1-3-19-16(18)15-11(2)12(9-10-17)13-7-5-4-6-8-14(13)15/h4-8,17H,3,9-10H2,1-2H3. The maximum Gasteiger partial charge on any atom is 0.339 e. The van der Waals surface area contributed by atoms with Crippen LogP contribution >= 0.6 is 0 Å². The van der Waals surface area contributed by atoms with Crippen LogP contribution < -0.4 is 0 Å². The van der Waals surface area contributed by atoms with Crippen molar-refractivity contribution in [2.45, 2.75) is 20.3 Å². The number of hydrogen-bond donors (Lipinski definition) is 1. The molecule has 19 heavy (non-hydrogen) atoms. The van der Waals surface area contributed by atoms with E-state index in [1.807, 2.05) is 37.3 Å². The molecular weight excluding hydrogens is 240 g/mol. The number of carbonyl (C=O) groups is 1. The van der Waals surface area contributed by atoms with Gasteiger partial charge in [0.15, 0.2) is 0 Å². The van der Waals surface area contributed by atoms with Crippen LogP contribution in [0.2, 0.25) is 0 Å². The van der Waals surface area contributed by atoms with Crippen LogP contribution in [0, 0.1) is 6.92 Å². The van der Waals surface area contributed by atoms with Crippen molar-refractivity contribution in [3.05, 3.63) is 47.0 Å². The summed E-state index contributed by atoms with van der Waals surface area (Å²) in [4.78, 5) is 12.1. The Bertz CT molecular complexity index is 560. The zero-order valence-corrected chi connectivity index (χ0v) is 11.3. The summed E-state index contributed by atoms with van der Waals surface area (Å²) in [5.41, 5.74) is 4.46. The third kappa shape index (κ3) is 2.47. The van der Waals surface area contributed by atoms with Gasteiger partial charge in [-0.05, 0) is 42.5 Å². The predicted molar refractivity (Wildman–Crippen MR) is 74.5 cm³/mol. The van der Waals surface area contributed by atoms with E-state index in [2.05, 4.69) is 0 Å². The summed E-state index contributed by atoms with van der Waals surface area (Å²) < 4.78 is 5.14. The highest BCUT2D eigenvalue weighted by molar-refractivity contribution is 6.02. The summed E-state index contributed by atoms with van der Waals surface area (Å²) in [6.45, 7) is 4.14. The molecule has 0 aliphatic heterocycles. The summed E-state index contributed by atoms with van der Waals surface area (Å²) in [6.07, 6.45) is 0.547. The molecule has 3 heteroatoms. The van der Waals surface area contributed by atoms with Crippen molar-refractivity contribution in [2.24, 2.45) is 0 Å². The summed E-state index contributed by atoms with van der Waals surface area (Å²) in [6, 6.07) is 9.68. The number of rotatable bonds is 4. The molecule has 0 spiro atoms. The van der Waals surface area contributed by atoms with Gasteiger partial charge in [0, 0.05) is 6.61 Å². The van der Waals surface area contributed by atoms with Crippen molar-refractivity contribution < 1.29 is 14.6 Å². The van der Waals surface area contributed by atoms with Gasteiger partial charge in [-0.2, -0.15) is 0 Å². The normalized spacial score (nSPS) is 10.7. The zero-order chi connectivity index (χ0) is 13.8. The SMILES string of the molecule is CCOC(=O)c1c2cccccc-2c(CCO)c1C. The van der Waals surface area contributed by atoms with Crippen molar-refractivity contribution in [1.82, 2.24) is 0 Å². The Hall–Kier alpha value is -1.87. The molecule has 0 saturated carbocycles. The molecule has 0 saturated heterocycles. The molecule has 0 bridgehead atoms. The maximum atomic E-state index is 12.1. The molecule has 2 aliphatic rings. The number of ether oxygens (including phenoxy) is 1. The fraction of sp³-hybridized carbons (Fsp3) is 0.312. The van der Waals surface area contributed by atoms with Gasteiger partial charge in [-0.15, -0.1) is 0 Å². The predicted octanol–water partition coefficient (Wildman–Crippen LogP) is 2.81. The van der Waals surface area contributed by atoms with Crippen LogP contribution in [-0.2, 0) is 11.2 Å². The third-order valence-electron chi connectivity index (χ3n) is 3.30. The number of hydrogen-bond acceptors (Lipinski definition) is 3. The Morgan fingerprint density at radius 1 is 1.21 bits per heavy atom. The molecule has 0 fully saturated rings. The minimum atomic E-state index is -0.291. The summed E-state index contributed by atoms with van der Waals surface area (Å²) in [5, 5.41) is 9.20. The first-order valence-corrected chi connectivity index (χ1v) is 6.48. The summed E-state index contributed by atoms with van der Waals surface area (Å²) >= 11 is 0. The largest absolute Gasteiger partial charge is 0.462 e. The third-order valence-corrected chi connectivity index (χ3v) is 3.30. The molecule has 0 unspecified atom stereocenters. The van der Waals surface area contributed by atoms with Crippen LogP contribution in [0.15, 0.2) is 30.3 Å². The van der Waals surface area contributed by atoms with E-state index in [9.17, 15) is 9.90 Å². The highest BCUT2D eigenvalue weighted by atomic mass is 16.5. The Labute approximate surface area is 113 Å². The van der Waals surface area contributed by atoms with Crippen molar-refractivity contribution in [2.75, 3.05) is 13.2 Å². The van der Waals surface area contributed by atoms with Crippen molar-refractivity contribution >= 4 is 5.97 Å². The first-order valence-electron chi connectivity index (χ1n) is 6.48. The lowest BCUT2D eigenvalue weighted by atomic mass is 10.1. The lowest BCUT2D eigenvalue weighted by molar-refractivity contribution is 0.0527. The highest BCUT2D eigenvalue weighted by Crippen LogP contribution is 2.36. The van der Waals surface area contributed by atoms with Gasteiger partial charge in [-0.1, -0.05) is 30.3 Å². The Balaban J connectivity index is 2.64. The smallest absolute Gasteiger partial charge is 0.339 e. The Morgan fingerprint density at radius 3 is 2.53 bits per heavy atom. The van der Waals surface area contributed by atoms with Gasteiger partial charge in [-0.3, -0.25) is 0 Å². The summed E-state index contributed by atoms with van der Waals surface area (Å²) in [5.74, 6) is -0.291. The molecule has 0 amide bonds. The van der Waals surface area contributed by atoms with Gasteiger partial charge in [0.2, 0.25) is 0 Å². The second kappa shape index (κ2) is 5.85. The number of esters is 1. The average molecular weight is 258 g/mol. The molecule has 100 valence electrons. The van der Waals surface area contributed by atoms with Crippen LogP contribution in [0.1, 0.15) is 28.4 Å². The van der Waals surface area contributed by atoms with E-state index in [0.717, 1.165) is 22.3 Å². The van der Waals surface area contributed by atoms with Crippen LogP contribution in [0.5, 0.6) is 0 Å². The molecule has 0 atom stereocenters. The van der Waals surface area contributed by atoms with E-state index in [1.165, 1.54) is 0 Å². The highest BCUT2D eigenvalue weighted by Gasteiger charge is 2.24. The number of carbonyl (C=O) groups excluding carboxylic acids is 1. The fourth-order valence-corrected chi connectivity index (χ4v) is 2.48. The molecule has 2 rings (SSSR count). The van der Waals surface area contributed by atoms with Crippen molar-refractivity contribution in [3.63, 3.8) is 0 Å². The van der Waals surface area contributed by atoms with Gasteiger partial charge in [0.05, 0.1) is 12.2 Å². The van der Waals surface area contributed by atoms with Crippen LogP contribution in [0.4, 0.5) is 0 Å². The van der Waals surface area contributed by atoms with Crippen LogP contribution in [-0.4, -0.2) is 24.3 Å². The lowest BCUT2D eigenvalue weighted by Crippen LogP contribution is -2.06. The van der Waals surface area contributed by atoms with E-state index in [-0.39, 0.29) is 12.6 Å². The molecule has 0 heterocycles. The summed E-state index contributed by atoms with van der Waals surface area (Å²) in [7, 11) is 0. The number of aliphatic hydroxyl groups is 1. The van der Waals surface area contributed by atoms with Crippen LogP contribution in [0.3, 0.4) is 0 Å². The number of aliphatic hydroxyl groups excluding tert-OH is 1. The van der Waals surface area contributed by atoms with Gasteiger partial charge >= 0.3 is 5.97 Å². The molecular formula is C16H18O3. The molecule has 0 aromatic heterocycles. The lowest BCUT2D eigenvalue weighted by Gasteiger charge is -2.03. The first-order chi connectivity index (χ1) is 9.20. The molecule has 3 nitrogen and oxygen atoms in total. The minimum absolute atomic E-state index is 0.0703. The average Bonchev–Trinajstić information content (AvgIpc) is 2.56. The number of fused-ring (bicyclic) bond motifs is 1. The van der Waals surface area contributed by atoms with Crippen molar-refractivity contribution in [1.29, 1.82) is 0 Å². The second-order valence-electron chi connectivity index (χ2n) is 4.41. The quantitative estimate of drug-likeness (QED) is 0.858. The topological polar surface area (TPSA) is 46.5 Å². The molecule has 0 radical (unpaired) electrons. The van der Waals surface area contributed by atoms with Gasteiger partial charge in [0.25, 0.3) is 0 Å². The van der Waals surface area contributed by atoms with E-state index in [0.29, 0.717) is 18.6 Å². The minimum Gasteiger partial charge on any atom is -0.462 e. The van der Waals surface area contributed by atoms with Gasteiger partial charge in [-0.25, -0.2) is 4.79 Å². The molecule has 1 N–H and O–H groups in total. The van der Waals surface area contributed by atoms with E-state index in [4.69, 9.17) is 4.74 Å². The zero-order valence-electron chi connectivity index (χ0n) is 11.3. The van der Waals surface area contributed by atoms with Crippen molar-refractivity contribution in [3.8, 4) is 11.1 Å². The molecule has 0 aromatic rings. The monoisotopic (exact) mass is 258 g/mol. The van der Waals surface area contributed by atoms with E-state index >= 15 is 0 Å². The van der Waals surface area contributed by atoms with Crippen LogP contribution in [0.25, 0.3) is 11.1 Å². The maximum absolute atomic E-state index is 12.1. The Kier molecular flexibility index (Phi) is 4.17. The Morgan fingerprint density at radius 2 is 1.89 bits per heavy atom. The van der Waals surface area contributed by atoms with E-state index in [1.54, 1.807) is 6.92 Å². The molecule has 0 aromatic carbocycles. The van der Waals surface area contributed by atoms with Gasteiger partial charge in [0.1, 0.15) is 0 Å². The first kappa shape index (κ1) is 13.6. The molecule has 2 aliphatic carbocycles. The van der Waals surface area contributed by atoms with E-state index < -0.39 is 0 Å².